The Morgan fingerprint density at radius 3 is 3.00 bits per heavy atom. The number of nitrogens with zero attached hydrogens (tertiary/aromatic N) is 2. The number of aromatic nitrogens is 1. The van der Waals surface area contributed by atoms with Crippen LogP contribution in [0.2, 0.25) is 0 Å². The predicted molar refractivity (Wildman–Crippen MR) is 69.3 cm³/mol. The van der Waals surface area contributed by atoms with Crippen LogP contribution >= 0.6 is 11.3 Å². The third-order valence-corrected chi connectivity index (χ3v) is 3.46. The van der Waals surface area contributed by atoms with Crippen molar-refractivity contribution in [2.45, 2.75) is 12.8 Å². The molecule has 0 atom stereocenters. The number of rotatable bonds is 6. The summed E-state index contributed by atoms with van der Waals surface area (Å²) in [5, 5.41) is 8.40. The van der Waals surface area contributed by atoms with Crippen molar-refractivity contribution in [3.05, 3.63) is 11.6 Å². The number of carbonyl (C=O) groups excluding carboxylic acids is 1. The molecule has 0 radical (unpaired) electrons. The van der Waals surface area contributed by atoms with Crippen molar-refractivity contribution in [1.29, 1.82) is 0 Å². The van der Waals surface area contributed by atoms with Gasteiger partial charge in [0.25, 0.3) is 0 Å². The minimum atomic E-state index is -0.0265. The van der Waals surface area contributed by atoms with E-state index in [2.05, 4.69) is 20.5 Å². The summed E-state index contributed by atoms with van der Waals surface area (Å²) in [7, 11) is 0. The van der Waals surface area contributed by atoms with Crippen molar-refractivity contribution in [3.8, 4) is 0 Å². The van der Waals surface area contributed by atoms with Gasteiger partial charge in [0.05, 0.1) is 6.54 Å². The Bertz CT molecular complexity index is 335. The first-order chi connectivity index (χ1) is 8.34. The molecule has 0 aliphatic carbocycles. The van der Waals surface area contributed by atoms with Crippen LogP contribution < -0.4 is 10.6 Å². The van der Waals surface area contributed by atoms with Gasteiger partial charge in [0.2, 0.25) is 5.91 Å². The minimum absolute atomic E-state index is 0.0265. The second-order valence-corrected chi connectivity index (χ2v) is 5.01. The number of amides is 1. The molecule has 5 nitrogen and oxygen atoms in total. The summed E-state index contributed by atoms with van der Waals surface area (Å²) >= 11 is 1.43. The van der Waals surface area contributed by atoms with Crippen molar-refractivity contribution in [2.75, 3.05) is 38.0 Å². The molecule has 0 bridgehead atoms. The number of thiazole rings is 1. The lowest BCUT2D eigenvalue weighted by atomic mass is 10.4. The third-order valence-electron chi connectivity index (χ3n) is 2.77. The van der Waals surface area contributed by atoms with Crippen molar-refractivity contribution in [3.63, 3.8) is 0 Å². The highest BCUT2D eigenvalue weighted by Crippen LogP contribution is 2.09. The number of carbonyl (C=O) groups is 1. The molecule has 1 aromatic rings. The Hall–Kier alpha value is -0.980. The van der Waals surface area contributed by atoms with Gasteiger partial charge < -0.3 is 15.5 Å². The van der Waals surface area contributed by atoms with Gasteiger partial charge >= 0.3 is 0 Å². The van der Waals surface area contributed by atoms with E-state index in [0.29, 0.717) is 11.7 Å². The molecule has 17 heavy (non-hydrogen) atoms. The van der Waals surface area contributed by atoms with Crippen molar-refractivity contribution in [1.82, 2.24) is 15.2 Å². The molecule has 1 fully saturated rings. The van der Waals surface area contributed by atoms with Gasteiger partial charge in [-0.2, -0.15) is 0 Å². The Kier molecular flexibility index (Phi) is 4.90. The molecule has 0 aromatic carbocycles. The molecule has 0 spiro atoms. The molecular weight excluding hydrogens is 236 g/mol. The zero-order valence-electron chi connectivity index (χ0n) is 9.82. The molecule has 0 saturated carbocycles. The number of nitrogens with one attached hydrogen (secondary N) is 2. The normalized spacial score (nSPS) is 16.2. The quantitative estimate of drug-likeness (QED) is 0.736. The van der Waals surface area contributed by atoms with Crippen molar-refractivity contribution >= 4 is 22.4 Å². The SMILES string of the molecule is O=C(CNCCN1CCCC1)Nc1nccs1. The van der Waals surface area contributed by atoms with Crippen LogP contribution in [-0.2, 0) is 4.79 Å². The smallest absolute Gasteiger partial charge is 0.240 e. The molecule has 1 aliphatic rings. The molecule has 1 aromatic heterocycles. The lowest BCUT2D eigenvalue weighted by Gasteiger charge is -2.14. The molecule has 2 rings (SSSR count). The van der Waals surface area contributed by atoms with Crippen LogP contribution in [0.3, 0.4) is 0 Å². The molecule has 0 unspecified atom stereocenters. The van der Waals surface area contributed by atoms with E-state index < -0.39 is 0 Å². The molecule has 2 heterocycles. The van der Waals surface area contributed by atoms with Gasteiger partial charge in [0.15, 0.2) is 5.13 Å². The fraction of sp³-hybridized carbons (Fsp3) is 0.636. The first kappa shape index (κ1) is 12.5. The van der Waals surface area contributed by atoms with Gasteiger partial charge in [0.1, 0.15) is 0 Å². The van der Waals surface area contributed by atoms with E-state index in [4.69, 9.17) is 0 Å². The highest BCUT2D eigenvalue weighted by Gasteiger charge is 2.10. The molecule has 1 aliphatic heterocycles. The van der Waals surface area contributed by atoms with Crippen LogP contribution in [0, 0.1) is 0 Å². The van der Waals surface area contributed by atoms with Crippen molar-refractivity contribution in [2.24, 2.45) is 0 Å². The number of hydrogen-bond donors (Lipinski definition) is 2. The molecule has 2 N–H and O–H groups in total. The predicted octanol–water partition coefficient (Wildman–Crippen LogP) is 0.767. The summed E-state index contributed by atoms with van der Waals surface area (Å²) in [6, 6.07) is 0. The largest absolute Gasteiger partial charge is 0.307 e. The Morgan fingerprint density at radius 1 is 1.47 bits per heavy atom. The van der Waals surface area contributed by atoms with E-state index >= 15 is 0 Å². The average Bonchev–Trinajstić information content (AvgIpc) is 2.96. The monoisotopic (exact) mass is 254 g/mol. The maximum absolute atomic E-state index is 11.5. The third kappa shape index (κ3) is 4.41. The van der Waals surface area contributed by atoms with Gasteiger partial charge in [-0.15, -0.1) is 11.3 Å². The first-order valence-corrected chi connectivity index (χ1v) is 6.85. The van der Waals surface area contributed by atoms with E-state index in [0.717, 1.165) is 13.1 Å². The first-order valence-electron chi connectivity index (χ1n) is 5.97. The van der Waals surface area contributed by atoms with E-state index in [1.165, 1.54) is 37.3 Å². The summed E-state index contributed by atoms with van der Waals surface area (Å²) < 4.78 is 0. The molecule has 6 heteroatoms. The fourth-order valence-electron chi connectivity index (χ4n) is 1.89. The van der Waals surface area contributed by atoms with Gasteiger partial charge in [-0.25, -0.2) is 4.98 Å². The second kappa shape index (κ2) is 6.68. The van der Waals surface area contributed by atoms with Gasteiger partial charge in [0, 0.05) is 24.7 Å². The van der Waals surface area contributed by atoms with Gasteiger partial charge in [-0.3, -0.25) is 4.79 Å². The van der Waals surface area contributed by atoms with Gasteiger partial charge in [-0.1, -0.05) is 0 Å². The average molecular weight is 254 g/mol. The highest BCUT2D eigenvalue weighted by atomic mass is 32.1. The summed E-state index contributed by atoms with van der Waals surface area (Å²) in [4.78, 5) is 17.9. The lowest BCUT2D eigenvalue weighted by molar-refractivity contribution is -0.115. The summed E-state index contributed by atoms with van der Waals surface area (Å²) in [5.74, 6) is -0.0265. The van der Waals surface area contributed by atoms with Crippen LogP contribution in [-0.4, -0.2) is 48.5 Å². The van der Waals surface area contributed by atoms with E-state index in [-0.39, 0.29) is 5.91 Å². The summed E-state index contributed by atoms with van der Waals surface area (Å²) in [5.41, 5.74) is 0. The molecular formula is C11H18N4OS. The minimum Gasteiger partial charge on any atom is -0.307 e. The Morgan fingerprint density at radius 2 is 2.29 bits per heavy atom. The lowest BCUT2D eigenvalue weighted by Crippen LogP contribution is -2.34. The Balaban J connectivity index is 1.54. The maximum atomic E-state index is 11.5. The van der Waals surface area contributed by atoms with E-state index in [9.17, 15) is 4.79 Å². The summed E-state index contributed by atoms with van der Waals surface area (Å²) in [6.45, 7) is 4.66. The standard InChI is InChI=1S/C11H18N4OS/c16-10(14-11-13-4-8-17-11)9-12-3-7-15-5-1-2-6-15/h4,8,12H,1-3,5-7,9H2,(H,13,14,16). The summed E-state index contributed by atoms with van der Waals surface area (Å²) in [6.07, 6.45) is 4.30. The highest BCUT2D eigenvalue weighted by molar-refractivity contribution is 7.13. The van der Waals surface area contributed by atoms with Crippen LogP contribution in [0.15, 0.2) is 11.6 Å². The molecule has 1 amide bonds. The number of anilines is 1. The zero-order valence-corrected chi connectivity index (χ0v) is 10.6. The van der Waals surface area contributed by atoms with Gasteiger partial charge in [-0.05, 0) is 25.9 Å². The van der Waals surface area contributed by atoms with Crippen molar-refractivity contribution < 1.29 is 4.79 Å². The fourth-order valence-corrected chi connectivity index (χ4v) is 2.44. The van der Waals surface area contributed by atoms with E-state index in [1.54, 1.807) is 6.20 Å². The van der Waals surface area contributed by atoms with Crippen LogP contribution in [0.5, 0.6) is 0 Å². The number of likely N-dealkylation sites (tertiary alicyclic amines) is 1. The van der Waals surface area contributed by atoms with Crippen LogP contribution in [0.1, 0.15) is 12.8 Å². The number of hydrogen-bond acceptors (Lipinski definition) is 5. The maximum Gasteiger partial charge on any atom is 0.240 e. The van der Waals surface area contributed by atoms with Crippen LogP contribution in [0.25, 0.3) is 0 Å². The topological polar surface area (TPSA) is 57.3 Å². The van der Waals surface area contributed by atoms with E-state index in [1.807, 2.05) is 5.38 Å². The van der Waals surface area contributed by atoms with Crippen LogP contribution in [0.4, 0.5) is 5.13 Å². The Labute approximate surface area is 105 Å². The second-order valence-electron chi connectivity index (χ2n) is 4.11. The molecule has 94 valence electrons. The molecule has 1 saturated heterocycles. The zero-order chi connectivity index (χ0) is 11.9.